The van der Waals surface area contributed by atoms with Crippen LogP contribution in [0.1, 0.15) is 57.6 Å². The lowest BCUT2D eigenvalue weighted by Gasteiger charge is -2.27. The number of anilines is 1. The maximum absolute atomic E-state index is 12.4. The Balaban J connectivity index is 2.92. The number of allylic oxidation sites excluding steroid dienone is 1. The van der Waals surface area contributed by atoms with Crippen LogP contribution in [0.5, 0.6) is 0 Å². The molecule has 24 heavy (non-hydrogen) atoms. The van der Waals surface area contributed by atoms with Crippen LogP contribution in [0.3, 0.4) is 0 Å². The van der Waals surface area contributed by atoms with E-state index < -0.39 is 11.5 Å². The Hall–Kier alpha value is -2.30. The molecule has 5 nitrogen and oxygen atoms in total. The van der Waals surface area contributed by atoms with Gasteiger partial charge in [-0.15, -0.1) is 6.58 Å². The number of carboxylic acids is 1. The molecule has 0 fully saturated rings. The van der Waals surface area contributed by atoms with Crippen LogP contribution in [0.25, 0.3) is 0 Å². The van der Waals surface area contributed by atoms with E-state index in [0.29, 0.717) is 12.8 Å². The van der Waals surface area contributed by atoms with Crippen molar-refractivity contribution >= 4 is 17.7 Å². The number of para-hydroxylation sites is 1. The van der Waals surface area contributed by atoms with Gasteiger partial charge in [0.25, 0.3) is 0 Å². The predicted octanol–water partition coefficient (Wildman–Crippen LogP) is 4.30. The van der Waals surface area contributed by atoms with Gasteiger partial charge in [-0.05, 0) is 43.7 Å². The van der Waals surface area contributed by atoms with Gasteiger partial charge in [0, 0.05) is 17.6 Å². The molecule has 1 aromatic carbocycles. The van der Waals surface area contributed by atoms with Crippen LogP contribution in [0.15, 0.2) is 30.9 Å². The second-order valence-electron chi connectivity index (χ2n) is 6.89. The molecule has 1 aromatic rings. The fourth-order valence-corrected chi connectivity index (χ4v) is 2.51. The maximum atomic E-state index is 12.4. The average Bonchev–Trinajstić information content (AvgIpc) is 2.46. The lowest BCUT2D eigenvalue weighted by molar-refractivity contribution is -0.137. The Morgan fingerprint density at radius 3 is 2.54 bits per heavy atom. The second-order valence-corrected chi connectivity index (χ2v) is 6.89. The first-order chi connectivity index (χ1) is 11.2. The number of carbonyl (C=O) groups excluding carboxylic acids is 1. The summed E-state index contributed by atoms with van der Waals surface area (Å²) in [6.07, 6.45) is 2.84. The van der Waals surface area contributed by atoms with Crippen LogP contribution in [0.4, 0.5) is 10.5 Å². The molecule has 0 heterocycles. The molecule has 5 heteroatoms. The van der Waals surface area contributed by atoms with Gasteiger partial charge in [0.15, 0.2) is 0 Å². The van der Waals surface area contributed by atoms with Crippen molar-refractivity contribution in [2.45, 2.75) is 58.4 Å². The van der Waals surface area contributed by atoms with Gasteiger partial charge in [0.1, 0.15) is 0 Å². The summed E-state index contributed by atoms with van der Waals surface area (Å²) in [5, 5.41) is 14.6. The standard InChI is InChI=1S/C19H28N2O3/c1-6-8-14-9-7-10-15(13(2)3)17(14)20-18(24)21-19(4,5)12-11-16(22)23/h6-7,9-10,13H,1,8,11-12H2,2-5H3,(H,22,23)(H2,20,21,24). The van der Waals surface area contributed by atoms with Crippen molar-refractivity contribution in [1.29, 1.82) is 0 Å². The minimum Gasteiger partial charge on any atom is -0.481 e. The molecular weight excluding hydrogens is 304 g/mol. The summed E-state index contributed by atoms with van der Waals surface area (Å²) >= 11 is 0. The smallest absolute Gasteiger partial charge is 0.319 e. The first-order valence-corrected chi connectivity index (χ1v) is 8.20. The number of nitrogens with one attached hydrogen (secondary N) is 2. The zero-order valence-electron chi connectivity index (χ0n) is 15.0. The number of benzene rings is 1. The summed E-state index contributed by atoms with van der Waals surface area (Å²) in [6.45, 7) is 11.5. The highest BCUT2D eigenvalue weighted by atomic mass is 16.4. The van der Waals surface area contributed by atoms with Crippen molar-refractivity contribution in [3.05, 3.63) is 42.0 Å². The molecule has 3 N–H and O–H groups in total. The van der Waals surface area contributed by atoms with E-state index in [0.717, 1.165) is 16.8 Å². The SMILES string of the molecule is C=CCc1cccc(C(C)C)c1NC(=O)NC(C)(C)CCC(=O)O. The molecule has 0 aliphatic rings. The van der Waals surface area contributed by atoms with Crippen molar-refractivity contribution in [2.75, 3.05) is 5.32 Å². The molecule has 0 aliphatic heterocycles. The zero-order valence-corrected chi connectivity index (χ0v) is 15.0. The number of rotatable bonds is 8. The van der Waals surface area contributed by atoms with Gasteiger partial charge in [-0.25, -0.2) is 4.79 Å². The Labute approximate surface area is 144 Å². The van der Waals surface area contributed by atoms with Gasteiger partial charge < -0.3 is 15.7 Å². The fraction of sp³-hybridized carbons (Fsp3) is 0.474. The summed E-state index contributed by atoms with van der Waals surface area (Å²) in [5.74, 6) is -0.603. The highest BCUT2D eigenvalue weighted by molar-refractivity contribution is 5.91. The summed E-state index contributed by atoms with van der Waals surface area (Å²) in [6, 6.07) is 5.62. The van der Waals surface area contributed by atoms with Crippen molar-refractivity contribution < 1.29 is 14.7 Å². The van der Waals surface area contributed by atoms with Gasteiger partial charge in [0.2, 0.25) is 0 Å². The van der Waals surface area contributed by atoms with E-state index in [1.165, 1.54) is 0 Å². The molecular formula is C19H28N2O3. The monoisotopic (exact) mass is 332 g/mol. The molecule has 0 unspecified atom stereocenters. The van der Waals surface area contributed by atoms with E-state index in [1.807, 2.05) is 32.0 Å². The normalized spacial score (nSPS) is 11.2. The van der Waals surface area contributed by atoms with Crippen LogP contribution in [0, 0.1) is 0 Å². The van der Waals surface area contributed by atoms with Gasteiger partial charge in [-0.2, -0.15) is 0 Å². The first kappa shape index (κ1) is 19.7. The van der Waals surface area contributed by atoms with Gasteiger partial charge in [0.05, 0.1) is 0 Å². The van der Waals surface area contributed by atoms with Crippen molar-refractivity contribution in [2.24, 2.45) is 0 Å². The highest BCUT2D eigenvalue weighted by Crippen LogP contribution is 2.28. The topological polar surface area (TPSA) is 78.4 Å². The number of hydrogen-bond donors (Lipinski definition) is 3. The summed E-state index contributed by atoms with van der Waals surface area (Å²) in [4.78, 5) is 23.1. The molecule has 0 aromatic heterocycles. The third kappa shape index (κ3) is 6.07. The van der Waals surface area contributed by atoms with E-state index in [2.05, 4.69) is 31.1 Å². The van der Waals surface area contributed by atoms with Gasteiger partial charge in [-0.3, -0.25) is 4.79 Å². The van der Waals surface area contributed by atoms with E-state index in [-0.39, 0.29) is 18.4 Å². The molecule has 2 amide bonds. The molecule has 0 radical (unpaired) electrons. The Morgan fingerprint density at radius 2 is 2.00 bits per heavy atom. The fourth-order valence-electron chi connectivity index (χ4n) is 2.51. The lowest BCUT2D eigenvalue weighted by atomic mass is 9.96. The van der Waals surface area contributed by atoms with Crippen LogP contribution in [-0.4, -0.2) is 22.6 Å². The third-order valence-electron chi connectivity index (χ3n) is 3.82. The van der Waals surface area contributed by atoms with E-state index in [9.17, 15) is 9.59 Å². The molecule has 0 atom stereocenters. The van der Waals surface area contributed by atoms with Crippen LogP contribution < -0.4 is 10.6 Å². The number of amides is 2. The largest absolute Gasteiger partial charge is 0.481 e. The number of urea groups is 1. The summed E-state index contributed by atoms with van der Waals surface area (Å²) < 4.78 is 0. The van der Waals surface area contributed by atoms with Gasteiger partial charge in [-0.1, -0.05) is 38.1 Å². The Morgan fingerprint density at radius 1 is 1.33 bits per heavy atom. The van der Waals surface area contributed by atoms with Crippen LogP contribution in [0.2, 0.25) is 0 Å². The predicted molar refractivity (Wildman–Crippen MR) is 97.5 cm³/mol. The van der Waals surface area contributed by atoms with Crippen molar-refractivity contribution in [3.63, 3.8) is 0 Å². The third-order valence-corrected chi connectivity index (χ3v) is 3.82. The maximum Gasteiger partial charge on any atom is 0.319 e. The molecule has 0 aliphatic carbocycles. The molecule has 1 rings (SSSR count). The molecule has 132 valence electrons. The Kier molecular flexibility index (Phi) is 7.01. The first-order valence-electron chi connectivity index (χ1n) is 8.20. The van der Waals surface area contributed by atoms with E-state index >= 15 is 0 Å². The molecule has 0 saturated heterocycles. The number of carboxylic acid groups (broad SMARTS) is 1. The van der Waals surface area contributed by atoms with Crippen LogP contribution >= 0.6 is 0 Å². The summed E-state index contributed by atoms with van der Waals surface area (Å²) in [7, 11) is 0. The average molecular weight is 332 g/mol. The number of aliphatic carboxylic acids is 1. The minimum atomic E-state index is -0.872. The van der Waals surface area contributed by atoms with Crippen molar-refractivity contribution in [1.82, 2.24) is 5.32 Å². The van der Waals surface area contributed by atoms with Gasteiger partial charge >= 0.3 is 12.0 Å². The molecule has 0 bridgehead atoms. The summed E-state index contributed by atoms with van der Waals surface area (Å²) in [5.41, 5.74) is 2.27. The lowest BCUT2D eigenvalue weighted by Crippen LogP contribution is -2.46. The minimum absolute atomic E-state index is 0.0115. The molecule has 0 saturated carbocycles. The van der Waals surface area contributed by atoms with E-state index in [4.69, 9.17) is 5.11 Å². The van der Waals surface area contributed by atoms with Crippen molar-refractivity contribution in [3.8, 4) is 0 Å². The Bertz CT molecular complexity index is 607. The zero-order chi connectivity index (χ0) is 18.3. The highest BCUT2D eigenvalue weighted by Gasteiger charge is 2.22. The number of hydrogen-bond acceptors (Lipinski definition) is 2. The molecule has 0 spiro atoms. The van der Waals surface area contributed by atoms with Crippen LogP contribution in [-0.2, 0) is 11.2 Å². The number of carbonyl (C=O) groups is 2. The quantitative estimate of drug-likeness (QED) is 0.621. The second kappa shape index (κ2) is 8.52. The van der Waals surface area contributed by atoms with E-state index in [1.54, 1.807) is 6.08 Å².